The summed E-state index contributed by atoms with van der Waals surface area (Å²) in [7, 11) is 0. The molecule has 7 nitrogen and oxygen atoms in total. The summed E-state index contributed by atoms with van der Waals surface area (Å²) in [4.78, 5) is 19.0. The maximum absolute atomic E-state index is 12.5. The van der Waals surface area contributed by atoms with Crippen LogP contribution in [0, 0.1) is 6.92 Å². The van der Waals surface area contributed by atoms with E-state index >= 15 is 0 Å². The number of thiazole rings is 1. The predicted octanol–water partition coefficient (Wildman–Crippen LogP) is 3.35. The first-order valence-corrected chi connectivity index (χ1v) is 8.55. The molecule has 3 aromatic rings. The summed E-state index contributed by atoms with van der Waals surface area (Å²) in [5.74, 6) is 0.231. The van der Waals surface area contributed by atoms with Crippen LogP contribution in [0.3, 0.4) is 0 Å². The van der Waals surface area contributed by atoms with Gasteiger partial charge in [-0.1, -0.05) is 18.5 Å². The highest BCUT2D eigenvalue weighted by molar-refractivity contribution is 7.15. The Hall–Kier alpha value is -2.32. The van der Waals surface area contributed by atoms with Gasteiger partial charge in [-0.2, -0.15) is 4.80 Å². The molecule has 0 radical (unpaired) electrons. The highest BCUT2D eigenvalue weighted by Crippen LogP contribution is 2.21. The number of hydrogen-bond acceptors (Lipinski definition) is 6. The van der Waals surface area contributed by atoms with Crippen molar-refractivity contribution in [1.82, 2.24) is 25.2 Å². The van der Waals surface area contributed by atoms with Crippen molar-refractivity contribution in [1.29, 1.82) is 0 Å². The zero-order valence-electron chi connectivity index (χ0n) is 13.1. The number of amides is 1. The van der Waals surface area contributed by atoms with Crippen LogP contribution < -0.4 is 5.32 Å². The van der Waals surface area contributed by atoms with Crippen molar-refractivity contribution in [2.75, 3.05) is 5.32 Å². The van der Waals surface area contributed by atoms with Crippen LogP contribution in [-0.4, -0.2) is 31.1 Å². The number of hydrogen-bond donors (Lipinski definition) is 1. The van der Waals surface area contributed by atoms with Crippen LogP contribution in [0.15, 0.2) is 30.5 Å². The fourth-order valence-electron chi connectivity index (χ4n) is 2.13. The van der Waals surface area contributed by atoms with E-state index in [1.807, 2.05) is 26.0 Å². The van der Waals surface area contributed by atoms with Gasteiger partial charge in [0.2, 0.25) is 5.82 Å². The number of nitrogens with zero attached hydrogens (tertiary/aromatic N) is 5. The molecule has 0 aliphatic heterocycles. The highest BCUT2D eigenvalue weighted by Gasteiger charge is 2.23. The van der Waals surface area contributed by atoms with Crippen molar-refractivity contribution < 1.29 is 4.79 Å². The molecule has 1 atom stereocenters. The first kappa shape index (κ1) is 16.5. The standard InChI is InChI=1S/C15H15ClN6OS/c1-3-12(14(23)18-15-17-8-9(2)24-15)22-20-13(19-21-22)10-4-6-11(16)7-5-10/h4-8,12H,3H2,1-2H3,(H,17,18,23). The van der Waals surface area contributed by atoms with Gasteiger partial charge in [-0.3, -0.25) is 4.79 Å². The number of benzene rings is 1. The molecule has 1 unspecified atom stereocenters. The second kappa shape index (κ2) is 7.06. The van der Waals surface area contributed by atoms with Crippen LogP contribution in [0.2, 0.25) is 5.02 Å². The normalized spacial score (nSPS) is 12.1. The van der Waals surface area contributed by atoms with Gasteiger partial charge in [0.05, 0.1) is 0 Å². The first-order chi connectivity index (χ1) is 11.6. The van der Waals surface area contributed by atoms with E-state index in [0.29, 0.717) is 22.4 Å². The summed E-state index contributed by atoms with van der Waals surface area (Å²) in [6.45, 7) is 3.82. The molecule has 0 bridgehead atoms. The van der Waals surface area contributed by atoms with Crippen molar-refractivity contribution in [2.24, 2.45) is 0 Å². The van der Waals surface area contributed by atoms with Gasteiger partial charge in [0.25, 0.3) is 5.91 Å². The van der Waals surface area contributed by atoms with Gasteiger partial charge < -0.3 is 5.32 Å². The molecule has 2 aromatic heterocycles. The van der Waals surface area contributed by atoms with Gasteiger partial charge in [-0.25, -0.2) is 4.98 Å². The molecule has 24 heavy (non-hydrogen) atoms. The second-order valence-corrected chi connectivity index (χ2v) is 6.80. The van der Waals surface area contributed by atoms with E-state index in [9.17, 15) is 4.79 Å². The minimum Gasteiger partial charge on any atom is -0.300 e. The Morgan fingerprint density at radius 1 is 1.38 bits per heavy atom. The van der Waals surface area contributed by atoms with Gasteiger partial charge in [0, 0.05) is 21.7 Å². The number of anilines is 1. The van der Waals surface area contributed by atoms with Crippen LogP contribution in [0.4, 0.5) is 5.13 Å². The van der Waals surface area contributed by atoms with Gasteiger partial charge in [-0.15, -0.1) is 21.5 Å². The lowest BCUT2D eigenvalue weighted by Crippen LogP contribution is -2.27. The molecule has 1 aromatic carbocycles. The van der Waals surface area contributed by atoms with Crippen molar-refractivity contribution >= 4 is 34.0 Å². The second-order valence-electron chi connectivity index (χ2n) is 5.13. The van der Waals surface area contributed by atoms with E-state index in [1.165, 1.54) is 16.1 Å². The average molecular weight is 363 g/mol. The Morgan fingerprint density at radius 3 is 2.75 bits per heavy atom. The van der Waals surface area contributed by atoms with Gasteiger partial charge >= 0.3 is 0 Å². The van der Waals surface area contributed by atoms with Crippen LogP contribution in [-0.2, 0) is 4.79 Å². The lowest BCUT2D eigenvalue weighted by molar-refractivity contribution is -0.119. The van der Waals surface area contributed by atoms with E-state index in [-0.39, 0.29) is 5.91 Å². The Labute approximate surface area is 147 Å². The van der Waals surface area contributed by atoms with E-state index < -0.39 is 6.04 Å². The predicted molar refractivity (Wildman–Crippen MR) is 93.1 cm³/mol. The lowest BCUT2D eigenvalue weighted by atomic mass is 10.2. The monoisotopic (exact) mass is 362 g/mol. The number of rotatable bonds is 5. The number of halogens is 1. The third-order valence-electron chi connectivity index (χ3n) is 3.35. The number of carbonyl (C=O) groups excluding carboxylic acids is 1. The molecule has 0 aliphatic carbocycles. The number of tetrazole rings is 1. The maximum atomic E-state index is 12.5. The average Bonchev–Trinajstić information content (AvgIpc) is 3.18. The topological polar surface area (TPSA) is 85.6 Å². The molecule has 9 heteroatoms. The highest BCUT2D eigenvalue weighted by atomic mass is 35.5. The van der Waals surface area contributed by atoms with Gasteiger partial charge in [0.15, 0.2) is 11.2 Å². The number of nitrogens with one attached hydrogen (secondary N) is 1. The van der Waals surface area contributed by atoms with E-state index in [4.69, 9.17) is 11.6 Å². The zero-order valence-corrected chi connectivity index (χ0v) is 14.7. The molecular weight excluding hydrogens is 348 g/mol. The molecular formula is C15H15ClN6OS. The smallest absolute Gasteiger partial charge is 0.252 e. The minimum absolute atomic E-state index is 0.216. The van der Waals surface area contributed by atoms with Gasteiger partial charge in [0.1, 0.15) is 0 Å². The Kier molecular flexibility index (Phi) is 4.86. The van der Waals surface area contributed by atoms with E-state index in [0.717, 1.165) is 10.4 Å². The molecule has 124 valence electrons. The van der Waals surface area contributed by atoms with Crippen molar-refractivity contribution in [3.05, 3.63) is 40.4 Å². The molecule has 2 heterocycles. The van der Waals surface area contributed by atoms with Crippen LogP contribution in [0.5, 0.6) is 0 Å². The van der Waals surface area contributed by atoms with Crippen LogP contribution >= 0.6 is 22.9 Å². The fraction of sp³-hybridized carbons (Fsp3) is 0.267. The summed E-state index contributed by atoms with van der Waals surface area (Å²) >= 11 is 7.30. The lowest BCUT2D eigenvalue weighted by Gasteiger charge is -2.11. The molecule has 0 saturated carbocycles. The molecule has 1 N–H and O–H groups in total. The summed E-state index contributed by atoms with van der Waals surface area (Å²) in [6, 6.07) is 6.58. The summed E-state index contributed by atoms with van der Waals surface area (Å²) in [5.41, 5.74) is 0.788. The van der Waals surface area contributed by atoms with Gasteiger partial charge in [-0.05, 0) is 42.8 Å². The van der Waals surface area contributed by atoms with E-state index in [1.54, 1.807) is 18.3 Å². The first-order valence-electron chi connectivity index (χ1n) is 7.35. The Balaban J connectivity index is 1.78. The molecule has 0 spiro atoms. The largest absolute Gasteiger partial charge is 0.300 e. The van der Waals surface area contributed by atoms with Crippen molar-refractivity contribution in [2.45, 2.75) is 26.3 Å². The van der Waals surface area contributed by atoms with Crippen molar-refractivity contribution in [3.8, 4) is 11.4 Å². The van der Waals surface area contributed by atoms with E-state index in [2.05, 4.69) is 25.7 Å². The van der Waals surface area contributed by atoms with Crippen LogP contribution in [0.1, 0.15) is 24.3 Å². The third kappa shape index (κ3) is 3.60. The Morgan fingerprint density at radius 2 is 2.12 bits per heavy atom. The Bertz CT molecular complexity index is 844. The fourth-order valence-corrected chi connectivity index (χ4v) is 2.92. The zero-order chi connectivity index (χ0) is 17.1. The quantitative estimate of drug-likeness (QED) is 0.752. The minimum atomic E-state index is -0.553. The molecule has 0 saturated heterocycles. The number of carbonyl (C=O) groups is 1. The molecule has 0 aliphatic rings. The SMILES string of the molecule is CCC(C(=O)Nc1ncc(C)s1)n1nnc(-c2ccc(Cl)cc2)n1. The summed E-state index contributed by atoms with van der Waals surface area (Å²) in [5, 5.41) is 16.4. The summed E-state index contributed by atoms with van der Waals surface area (Å²) in [6.07, 6.45) is 2.25. The molecule has 1 amide bonds. The number of aromatic nitrogens is 5. The van der Waals surface area contributed by atoms with Crippen LogP contribution in [0.25, 0.3) is 11.4 Å². The molecule has 0 fully saturated rings. The third-order valence-corrected chi connectivity index (χ3v) is 4.43. The molecule has 3 rings (SSSR count). The number of aryl methyl sites for hydroxylation is 1. The summed E-state index contributed by atoms with van der Waals surface area (Å²) < 4.78 is 0. The maximum Gasteiger partial charge on any atom is 0.252 e. The van der Waals surface area contributed by atoms with Crippen molar-refractivity contribution in [3.63, 3.8) is 0 Å².